The molecule has 0 aliphatic rings. The Morgan fingerprint density at radius 1 is 1.47 bits per heavy atom. The molecule has 4 nitrogen and oxygen atoms in total. The van der Waals surface area contributed by atoms with Crippen LogP contribution in [0.15, 0.2) is 24.5 Å². The van der Waals surface area contributed by atoms with Gasteiger partial charge in [-0.25, -0.2) is 4.98 Å². The van der Waals surface area contributed by atoms with Crippen LogP contribution in [0, 0.1) is 6.92 Å². The highest BCUT2D eigenvalue weighted by Gasteiger charge is 2.09. The fourth-order valence-corrected chi connectivity index (χ4v) is 1.78. The molecular weight excluding hydrogens is 276 g/mol. The van der Waals surface area contributed by atoms with Crippen LogP contribution >= 0.6 is 11.6 Å². The maximum absolute atomic E-state index is 12.1. The molecule has 0 fully saturated rings. The summed E-state index contributed by atoms with van der Waals surface area (Å²) in [7, 11) is 0. The lowest BCUT2D eigenvalue weighted by atomic mass is 10.3. The Morgan fingerprint density at radius 2 is 2.26 bits per heavy atom. The normalized spacial score (nSPS) is 10.8. The number of halogens is 3. The van der Waals surface area contributed by atoms with E-state index in [2.05, 4.69) is 20.0 Å². The van der Waals surface area contributed by atoms with Gasteiger partial charge in [0.05, 0.1) is 23.6 Å². The second-order valence-electron chi connectivity index (χ2n) is 3.85. The first kappa shape index (κ1) is 13.6. The van der Waals surface area contributed by atoms with Crippen LogP contribution in [0.2, 0.25) is 5.02 Å². The van der Waals surface area contributed by atoms with Gasteiger partial charge in [-0.15, -0.1) is 0 Å². The number of alkyl halides is 2. The van der Waals surface area contributed by atoms with Crippen molar-refractivity contribution in [1.82, 2.24) is 9.97 Å². The fraction of sp³-hybridized carbons (Fsp3) is 0.250. The molecule has 0 unspecified atom stereocenters. The van der Waals surface area contributed by atoms with E-state index in [1.165, 1.54) is 12.1 Å². The molecule has 2 N–H and O–H groups in total. The van der Waals surface area contributed by atoms with Crippen LogP contribution in [0.5, 0.6) is 5.75 Å². The molecule has 1 aromatic heterocycles. The highest BCUT2D eigenvalue weighted by Crippen LogP contribution is 2.29. The van der Waals surface area contributed by atoms with E-state index in [0.717, 1.165) is 11.4 Å². The lowest BCUT2D eigenvalue weighted by molar-refractivity contribution is -0.0497. The highest BCUT2D eigenvalue weighted by atomic mass is 35.5. The standard InChI is InChI=1S/C12H12ClF2N3O/c1-7-10(18-6-17-7)5-16-8-2-3-11(9(13)4-8)19-12(14)15/h2-4,6,12,16H,5H2,1H3,(H,17,18). The van der Waals surface area contributed by atoms with Gasteiger partial charge in [0.2, 0.25) is 0 Å². The third-order valence-electron chi connectivity index (χ3n) is 2.54. The summed E-state index contributed by atoms with van der Waals surface area (Å²) >= 11 is 5.85. The average molecular weight is 288 g/mol. The predicted molar refractivity (Wildman–Crippen MR) is 68.7 cm³/mol. The molecule has 7 heteroatoms. The van der Waals surface area contributed by atoms with Crippen LogP contribution < -0.4 is 10.1 Å². The second-order valence-corrected chi connectivity index (χ2v) is 4.26. The number of imidazole rings is 1. The zero-order valence-electron chi connectivity index (χ0n) is 10.1. The summed E-state index contributed by atoms with van der Waals surface area (Å²) in [5.41, 5.74) is 2.55. The SMILES string of the molecule is Cc1[nH]cnc1CNc1ccc(OC(F)F)c(Cl)c1. The van der Waals surface area contributed by atoms with Crippen molar-refractivity contribution in [2.75, 3.05) is 5.32 Å². The number of nitrogens with zero attached hydrogens (tertiary/aromatic N) is 1. The summed E-state index contributed by atoms with van der Waals surface area (Å²) in [6.45, 7) is -0.458. The van der Waals surface area contributed by atoms with Crippen molar-refractivity contribution in [1.29, 1.82) is 0 Å². The molecule has 0 radical (unpaired) electrons. The van der Waals surface area contributed by atoms with Gasteiger partial charge < -0.3 is 15.0 Å². The van der Waals surface area contributed by atoms with Gasteiger partial charge in [0, 0.05) is 11.4 Å². The van der Waals surface area contributed by atoms with E-state index < -0.39 is 6.61 Å². The minimum atomic E-state index is -2.89. The van der Waals surface area contributed by atoms with E-state index in [1.807, 2.05) is 6.92 Å². The number of hydrogen-bond acceptors (Lipinski definition) is 3. The van der Waals surface area contributed by atoms with Gasteiger partial charge in [0.15, 0.2) is 0 Å². The fourth-order valence-electron chi connectivity index (χ4n) is 1.55. The van der Waals surface area contributed by atoms with Gasteiger partial charge in [-0.3, -0.25) is 0 Å². The van der Waals surface area contributed by atoms with Crippen molar-refractivity contribution < 1.29 is 13.5 Å². The van der Waals surface area contributed by atoms with Crippen molar-refractivity contribution in [2.45, 2.75) is 20.1 Å². The molecule has 0 amide bonds. The number of aromatic nitrogens is 2. The van der Waals surface area contributed by atoms with Crippen molar-refractivity contribution in [3.05, 3.63) is 40.9 Å². The van der Waals surface area contributed by atoms with E-state index >= 15 is 0 Å². The van der Waals surface area contributed by atoms with Crippen LogP contribution in [0.4, 0.5) is 14.5 Å². The smallest absolute Gasteiger partial charge is 0.387 e. The molecule has 0 aliphatic heterocycles. The molecular formula is C12H12ClF2N3O. The monoisotopic (exact) mass is 287 g/mol. The summed E-state index contributed by atoms with van der Waals surface area (Å²) in [5, 5.41) is 3.23. The van der Waals surface area contributed by atoms with Crippen molar-refractivity contribution in [3.8, 4) is 5.75 Å². The van der Waals surface area contributed by atoms with E-state index in [0.29, 0.717) is 12.2 Å². The van der Waals surface area contributed by atoms with Gasteiger partial charge in [-0.1, -0.05) is 11.6 Å². The van der Waals surface area contributed by atoms with Gasteiger partial charge in [-0.05, 0) is 25.1 Å². The van der Waals surface area contributed by atoms with Crippen LogP contribution in [0.1, 0.15) is 11.4 Å². The second kappa shape index (κ2) is 5.88. The summed E-state index contributed by atoms with van der Waals surface area (Å²) in [4.78, 5) is 7.10. The Hall–Kier alpha value is -1.82. The zero-order valence-corrected chi connectivity index (χ0v) is 10.8. The average Bonchev–Trinajstić information content (AvgIpc) is 2.75. The Bertz CT molecular complexity index is 560. The lowest BCUT2D eigenvalue weighted by Gasteiger charge is -2.09. The molecule has 0 saturated carbocycles. The molecule has 2 aromatic rings. The molecule has 19 heavy (non-hydrogen) atoms. The number of benzene rings is 1. The molecule has 1 aromatic carbocycles. The third-order valence-corrected chi connectivity index (χ3v) is 2.84. The van der Waals surface area contributed by atoms with Crippen molar-refractivity contribution in [3.63, 3.8) is 0 Å². The number of anilines is 1. The van der Waals surface area contributed by atoms with Crippen LogP contribution in [-0.4, -0.2) is 16.6 Å². The van der Waals surface area contributed by atoms with Crippen molar-refractivity contribution >= 4 is 17.3 Å². The summed E-state index contributed by atoms with van der Waals surface area (Å²) in [6, 6.07) is 4.54. The predicted octanol–water partition coefficient (Wildman–Crippen LogP) is 3.59. The summed E-state index contributed by atoms with van der Waals surface area (Å²) in [6.07, 6.45) is 1.61. The minimum absolute atomic E-state index is 0.0434. The van der Waals surface area contributed by atoms with E-state index in [1.54, 1.807) is 12.4 Å². The molecule has 0 atom stereocenters. The Morgan fingerprint density at radius 3 is 2.84 bits per heavy atom. The summed E-state index contributed by atoms with van der Waals surface area (Å²) in [5.74, 6) is -0.0434. The number of rotatable bonds is 5. The maximum atomic E-state index is 12.1. The molecule has 0 spiro atoms. The highest BCUT2D eigenvalue weighted by molar-refractivity contribution is 6.32. The molecule has 0 bridgehead atoms. The quantitative estimate of drug-likeness (QED) is 0.883. The van der Waals surface area contributed by atoms with Gasteiger partial charge in [0.25, 0.3) is 0 Å². The van der Waals surface area contributed by atoms with Crippen LogP contribution in [0.25, 0.3) is 0 Å². The van der Waals surface area contributed by atoms with E-state index in [9.17, 15) is 8.78 Å². The number of nitrogens with one attached hydrogen (secondary N) is 2. The third kappa shape index (κ3) is 3.57. The molecule has 0 aliphatic carbocycles. The number of aromatic amines is 1. The van der Waals surface area contributed by atoms with Crippen LogP contribution in [0.3, 0.4) is 0 Å². The molecule has 2 rings (SSSR count). The first-order chi connectivity index (χ1) is 9.06. The lowest BCUT2D eigenvalue weighted by Crippen LogP contribution is -2.04. The van der Waals surface area contributed by atoms with Gasteiger partial charge >= 0.3 is 6.61 Å². The van der Waals surface area contributed by atoms with Crippen molar-refractivity contribution in [2.24, 2.45) is 0 Å². The summed E-state index contributed by atoms with van der Waals surface area (Å²) < 4.78 is 28.4. The number of ether oxygens (including phenoxy) is 1. The molecule has 0 saturated heterocycles. The number of hydrogen-bond donors (Lipinski definition) is 2. The Kier molecular flexibility index (Phi) is 4.21. The van der Waals surface area contributed by atoms with Gasteiger partial charge in [0.1, 0.15) is 5.75 Å². The van der Waals surface area contributed by atoms with E-state index in [4.69, 9.17) is 11.6 Å². The minimum Gasteiger partial charge on any atom is -0.433 e. The number of H-pyrrole nitrogens is 1. The molecule has 102 valence electrons. The zero-order chi connectivity index (χ0) is 13.8. The first-order valence-electron chi connectivity index (χ1n) is 5.53. The molecule has 1 heterocycles. The Balaban J connectivity index is 2.02. The van der Waals surface area contributed by atoms with Crippen LogP contribution in [-0.2, 0) is 6.54 Å². The van der Waals surface area contributed by atoms with E-state index in [-0.39, 0.29) is 10.8 Å². The van der Waals surface area contributed by atoms with Gasteiger partial charge in [-0.2, -0.15) is 8.78 Å². The largest absolute Gasteiger partial charge is 0.433 e. The maximum Gasteiger partial charge on any atom is 0.387 e. The topological polar surface area (TPSA) is 49.9 Å². The Labute approximate surface area is 113 Å². The first-order valence-corrected chi connectivity index (χ1v) is 5.91. The number of aryl methyl sites for hydroxylation is 1.